The van der Waals surface area contributed by atoms with E-state index in [0.717, 1.165) is 10.6 Å². The molecule has 3 rings (SSSR count). The molecule has 0 unspecified atom stereocenters. The molecule has 0 radical (unpaired) electrons. The van der Waals surface area contributed by atoms with Crippen LogP contribution in [0.5, 0.6) is 0 Å². The van der Waals surface area contributed by atoms with Crippen LogP contribution in [-0.4, -0.2) is 47.0 Å². The molecule has 3 amide bonds. The lowest BCUT2D eigenvalue weighted by molar-refractivity contribution is -0.151. The Kier molecular flexibility index (Phi) is 5.91. The highest BCUT2D eigenvalue weighted by molar-refractivity contribution is 5.97. The van der Waals surface area contributed by atoms with Gasteiger partial charge in [0.25, 0.3) is 11.8 Å². The lowest BCUT2D eigenvalue weighted by Gasteiger charge is -2.17. The van der Waals surface area contributed by atoms with E-state index in [1.165, 1.54) is 6.07 Å². The van der Waals surface area contributed by atoms with Crippen molar-refractivity contribution in [1.82, 2.24) is 15.6 Å². The third-order valence-corrected chi connectivity index (χ3v) is 4.25. The predicted molar refractivity (Wildman–Crippen MR) is 99.3 cm³/mol. The van der Waals surface area contributed by atoms with Crippen molar-refractivity contribution in [3.05, 3.63) is 47.2 Å². The number of esters is 1. The number of rotatable bonds is 6. The van der Waals surface area contributed by atoms with E-state index in [2.05, 4.69) is 15.9 Å². The minimum absolute atomic E-state index is 0.0284. The molecule has 152 valence electrons. The van der Waals surface area contributed by atoms with Crippen molar-refractivity contribution >= 4 is 29.5 Å². The van der Waals surface area contributed by atoms with Crippen LogP contribution in [0.25, 0.3) is 0 Å². The van der Waals surface area contributed by atoms with Crippen molar-refractivity contribution in [3.8, 4) is 0 Å². The molecule has 1 aliphatic heterocycles. The molecule has 0 aliphatic carbocycles. The van der Waals surface area contributed by atoms with Gasteiger partial charge in [0, 0.05) is 18.1 Å². The maximum absolute atomic E-state index is 12.2. The van der Waals surface area contributed by atoms with Crippen LogP contribution in [0.3, 0.4) is 0 Å². The number of nitrogens with zero attached hydrogens (tertiary/aromatic N) is 2. The number of aromatic nitrogens is 1. The van der Waals surface area contributed by atoms with Crippen molar-refractivity contribution in [3.63, 3.8) is 0 Å². The molecule has 0 bridgehead atoms. The van der Waals surface area contributed by atoms with Gasteiger partial charge >= 0.3 is 5.97 Å². The summed E-state index contributed by atoms with van der Waals surface area (Å²) in [7, 11) is 0. The quantitative estimate of drug-likeness (QED) is 0.691. The van der Waals surface area contributed by atoms with Crippen LogP contribution < -0.4 is 10.7 Å². The summed E-state index contributed by atoms with van der Waals surface area (Å²) in [6.07, 6.45) is -0.114. The Hall–Kier alpha value is -3.69. The second kappa shape index (κ2) is 8.55. The van der Waals surface area contributed by atoms with E-state index in [1.54, 1.807) is 31.2 Å². The van der Waals surface area contributed by atoms with Crippen LogP contribution in [0.4, 0.5) is 5.82 Å². The Morgan fingerprint density at radius 3 is 2.62 bits per heavy atom. The fourth-order valence-corrected chi connectivity index (χ4v) is 2.72. The van der Waals surface area contributed by atoms with Crippen molar-refractivity contribution in [2.45, 2.75) is 20.3 Å². The van der Waals surface area contributed by atoms with E-state index in [-0.39, 0.29) is 18.8 Å². The van der Waals surface area contributed by atoms with Gasteiger partial charge in [-0.05, 0) is 26.0 Å². The van der Waals surface area contributed by atoms with Gasteiger partial charge < -0.3 is 14.6 Å². The summed E-state index contributed by atoms with van der Waals surface area (Å²) in [4.78, 5) is 48.3. The maximum Gasteiger partial charge on any atom is 0.311 e. The van der Waals surface area contributed by atoms with Gasteiger partial charge in [-0.1, -0.05) is 22.9 Å². The number of carbonyl (C=O) groups excluding carboxylic acids is 4. The number of ether oxygens (including phenoxy) is 1. The van der Waals surface area contributed by atoms with Crippen molar-refractivity contribution in [2.75, 3.05) is 18.5 Å². The minimum Gasteiger partial charge on any atom is -0.455 e. The highest BCUT2D eigenvalue weighted by Gasteiger charge is 2.36. The SMILES string of the molecule is Cc1ccc(C(=O)NN2C[C@H](C(=O)OCC(=O)Nc3cc(C)on3)CC2=O)cc1. The third-order valence-electron chi connectivity index (χ3n) is 4.25. The van der Waals surface area contributed by atoms with Gasteiger partial charge in [-0.15, -0.1) is 0 Å². The van der Waals surface area contributed by atoms with Crippen LogP contribution >= 0.6 is 0 Å². The summed E-state index contributed by atoms with van der Waals surface area (Å²) in [5, 5.41) is 7.11. The number of hydrazine groups is 1. The Bertz CT molecular complexity index is 936. The normalized spacial score (nSPS) is 15.9. The first kappa shape index (κ1) is 20.1. The van der Waals surface area contributed by atoms with Crippen LogP contribution in [-0.2, 0) is 19.1 Å². The maximum atomic E-state index is 12.2. The Balaban J connectivity index is 1.47. The van der Waals surface area contributed by atoms with Crippen molar-refractivity contribution < 1.29 is 28.4 Å². The largest absolute Gasteiger partial charge is 0.455 e. The zero-order chi connectivity index (χ0) is 21.0. The average molecular weight is 400 g/mol. The summed E-state index contributed by atoms with van der Waals surface area (Å²) in [5.74, 6) is -2.18. The second-order valence-electron chi connectivity index (χ2n) is 6.69. The van der Waals surface area contributed by atoms with Crippen LogP contribution in [0.2, 0.25) is 0 Å². The Labute approximate surface area is 166 Å². The molecule has 2 aromatic rings. The van der Waals surface area contributed by atoms with E-state index in [0.29, 0.717) is 11.3 Å². The van der Waals surface area contributed by atoms with Gasteiger partial charge in [0.15, 0.2) is 12.4 Å². The topological polar surface area (TPSA) is 131 Å². The standard InChI is InChI=1S/C19H20N4O6/c1-11-3-5-13(6-4-11)18(26)21-23-9-14(8-17(23)25)19(27)28-10-16(24)20-15-7-12(2)29-22-15/h3-7,14H,8-10H2,1-2H3,(H,21,26)(H,20,22,24)/t14-/m1/s1. The summed E-state index contributed by atoms with van der Waals surface area (Å²) < 4.78 is 9.78. The van der Waals surface area contributed by atoms with E-state index in [9.17, 15) is 19.2 Å². The van der Waals surface area contributed by atoms with E-state index in [4.69, 9.17) is 9.26 Å². The summed E-state index contributed by atoms with van der Waals surface area (Å²) >= 11 is 0. The molecule has 1 aromatic carbocycles. The smallest absolute Gasteiger partial charge is 0.311 e. The predicted octanol–water partition coefficient (Wildman–Crippen LogP) is 0.967. The first-order valence-corrected chi connectivity index (χ1v) is 8.89. The first-order valence-electron chi connectivity index (χ1n) is 8.89. The van der Waals surface area contributed by atoms with Crippen LogP contribution in [0.1, 0.15) is 28.1 Å². The fraction of sp³-hybridized carbons (Fsp3) is 0.316. The Morgan fingerprint density at radius 1 is 1.24 bits per heavy atom. The lowest BCUT2D eigenvalue weighted by atomic mass is 10.1. The first-order chi connectivity index (χ1) is 13.8. The van der Waals surface area contributed by atoms with Gasteiger partial charge in [-0.25, -0.2) is 0 Å². The summed E-state index contributed by atoms with van der Waals surface area (Å²) in [6, 6.07) is 8.38. The highest BCUT2D eigenvalue weighted by atomic mass is 16.5. The van der Waals surface area contributed by atoms with Crippen LogP contribution in [0, 0.1) is 19.8 Å². The molecular formula is C19H20N4O6. The minimum atomic E-state index is -0.775. The number of nitrogens with one attached hydrogen (secondary N) is 2. The molecule has 1 aliphatic rings. The molecule has 2 N–H and O–H groups in total. The molecule has 10 heteroatoms. The van der Waals surface area contributed by atoms with Gasteiger partial charge in [0.1, 0.15) is 5.76 Å². The number of hydrogen-bond donors (Lipinski definition) is 2. The molecule has 1 saturated heterocycles. The Morgan fingerprint density at radius 2 is 1.97 bits per heavy atom. The zero-order valence-corrected chi connectivity index (χ0v) is 15.9. The molecule has 29 heavy (non-hydrogen) atoms. The summed E-state index contributed by atoms with van der Waals surface area (Å²) in [5.41, 5.74) is 3.89. The van der Waals surface area contributed by atoms with Gasteiger partial charge in [-0.3, -0.25) is 29.6 Å². The molecule has 0 saturated carbocycles. The van der Waals surface area contributed by atoms with Crippen molar-refractivity contribution in [1.29, 1.82) is 0 Å². The monoisotopic (exact) mass is 400 g/mol. The highest BCUT2D eigenvalue weighted by Crippen LogP contribution is 2.18. The van der Waals surface area contributed by atoms with E-state index in [1.807, 2.05) is 6.92 Å². The summed E-state index contributed by atoms with van der Waals surface area (Å²) in [6.45, 7) is 3.02. The van der Waals surface area contributed by atoms with Crippen molar-refractivity contribution in [2.24, 2.45) is 5.92 Å². The fourth-order valence-electron chi connectivity index (χ4n) is 2.72. The molecule has 10 nitrogen and oxygen atoms in total. The zero-order valence-electron chi connectivity index (χ0n) is 15.9. The molecule has 1 fully saturated rings. The van der Waals surface area contributed by atoms with Crippen LogP contribution in [0.15, 0.2) is 34.9 Å². The molecule has 1 aromatic heterocycles. The van der Waals surface area contributed by atoms with E-state index >= 15 is 0 Å². The van der Waals surface area contributed by atoms with Gasteiger partial charge in [0.2, 0.25) is 5.91 Å². The number of anilines is 1. The molecular weight excluding hydrogens is 380 g/mol. The molecule has 2 heterocycles. The third kappa shape index (κ3) is 5.18. The number of carbonyl (C=O) groups is 4. The number of amides is 3. The number of hydrogen-bond acceptors (Lipinski definition) is 7. The average Bonchev–Trinajstić information content (AvgIpc) is 3.25. The number of aryl methyl sites for hydroxylation is 2. The lowest BCUT2D eigenvalue weighted by Crippen LogP contribution is -2.43. The molecule has 0 spiro atoms. The molecule has 1 atom stereocenters. The number of benzene rings is 1. The van der Waals surface area contributed by atoms with Gasteiger partial charge in [0.05, 0.1) is 12.5 Å². The van der Waals surface area contributed by atoms with E-state index < -0.39 is 36.2 Å². The second-order valence-corrected chi connectivity index (χ2v) is 6.69. The van der Waals surface area contributed by atoms with Gasteiger partial charge in [-0.2, -0.15) is 0 Å².